The maximum atomic E-state index is 13.9. The molecule has 2 heterocycles. The molecule has 0 spiro atoms. The molecule has 0 aliphatic carbocycles. The zero-order chi connectivity index (χ0) is 30.3. The standard InChI is InChI=1S/C31H32F2N4O4S/c1-21-14-15-25(34-20-21)10-6-12-27(31(39)37-18-16-24(17-19-37)30(32)33)36-42(40,41)28-13-7-11-26(29(28)35-22(2)38)23-8-4-3-5-9-23/h3-11,13-15,20,27,36H,12,16-19H2,1-2H3,(H,35,38)/b10-6-/t27-/m0/s1. The summed E-state index contributed by atoms with van der Waals surface area (Å²) >= 11 is 0. The van der Waals surface area contributed by atoms with E-state index in [-0.39, 0.29) is 48.5 Å². The summed E-state index contributed by atoms with van der Waals surface area (Å²) in [5, 5.41) is 2.65. The summed E-state index contributed by atoms with van der Waals surface area (Å²) in [6, 6.07) is 16.1. The maximum Gasteiger partial charge on any atom is 0.269 e. The number of likely N-dealkylation sites (tertiary alicyclic amines) is 1. The summed E-state index contributed by atoms with van der Waals surface area (Å²) in [6.07, 6.45) is 3.30. The van der Waals surface area contributed by atoms with E-state index >= 15 is 0 Å². The highest BCUT2D eigenvalue weighted by molar-refractivity contribution is 7.89. The van der Waals surface area contributed by atoms with Crippen molar-refractivity contribution < 1.29 is 26.8 Å². The number of anilines is 1. The van der Waals surface area contributed by atoms with Crippen molar-refractivity contribution in [2.75, 3.05) is 18.4 Å². The molecule has 0 bridgehead atoms. The SMILES string of the molecule is CC(=O)Nc1c(-c2ccccc2)cccc1S(=O)(=O)N[C@@H](C/C=C\c1ccc(C)cn1)C(=O)N1CCC(=C(F)F)CC1. The zero-order valence-corrected chi connectivity index (χ0v) is 24.1. The van der Waals surface area contributed by atoms with Crippen molar-refractivity contribution in [3.05, 3.63) is 95.8 Å². The number of nitrogens with one attached hydrogen (secondary N) is 2. The predicted molar refractivity (Wildman–Crippen MR) is 158 cm³/mol. The number of para-hydroxylation sites is 1. The van der Waals surface area contributed by atoms with E-state index < -0.39 is 34.0 Å². The number of carbonyl (C=O) groups is 2. The molecule has 1 aliphatic rings. The van der Waals surface area contributed by atoms with Gasteiger partial charge in [-0.05, 0) is 61.1 Å². The molecule has 1 fully saturated rings. The summed E-state index contributed by atoms with van der Waals surface area (Å²) in [5.41, 5.74) is 2.87. The molecular formula is C31H32F2N4O4S. The lowest BCUT2D eigenvalue weighted by molar-refractivity contribution is -0.133. The van der Waals surface area contributed by atoms with Crippen LogP contribution < -0.4 is 10.0 Å². The third-order valence-electron chi connectivity index (χ3n) is 6.84. The molecule has 3 aromatic rings. The van der Waals surface area contributed by atoms with Gasteiger partial charge in [0.1, 0.15) is 10.9 Å². The molecule has 0 unspecified atom stereocenters. The summed E-state index contributed by atoms with van der Waals surface area (Å²) < 4.78 is 56.4. The number of carbonyl (C=O) groups excluding carboxylic acids is 2. The Morgan fingerprint density at radius 3 is 2.36 bits per heavy atom. The summed E-state index contributed by atoms with van der Waals surface area (Å²) in [5.74, 6) is -0.994. The minimum Gasteiger partial charge on any atom is -0.341 e. The van der Waals surface area contributed by atoms with Crippen LogP contribution in [0.3, 0.4) is 0 Å². The number of aryl methyl sites for hydroxylation is 1. The second kappa shape index (κ2) is 13.6. The van der Waals surface area contributed by atoms with Crippen molar-refractivity contribution in [3.8, 4) is 11.1 Å². The van der Waals surface area contributed by atoms with Crippen LogP contribution >= 0.6 is 0 Å². The Morgan fingerprint density at radius 2 is 1.74 bits per heavy atom. The van der Waals surface area contributed by atoms with Gasteiger partial charge in [0.15, 0.2) is 0 Å². The number of amides is 2. The topological polar surface area (TPSA) is 108 Å². The number of aromatic nitrogens is 1. The first-order valence-corrected chi connectivity index (χ1v) is 14.9. The third-order valence-corrected chi connectivity index (χ3v) is 8.35. The Morgan fingerprint density at radius 1 is 1.02 bits per heavy atom. The van der Waals surface area contributed by atoms with E-state index in [9.17, 15) is 26.8 Å². The number of hydrogen-bond donors (Lipinski definition) is 2. The van der Waals surface area contributed by atoms with Crippen molar-refractivity contribution in [1.29, 1.82) is 0 Å². The number of pyridine rings is 1. The van der Waals surface area contributed by atoms with Crippen LogP contribution in [0.15, 0.2) is 89.5 Å². The molecule has 2 aromatic carbocycles. The van der Waals surface area contributed by atoms with Crippen LogP contribution in [-0.4, -0.2) is 49.2 Å². The van der Waals surface area contributed by atoms with Crippen molar-refractivity contribution in [2.45, 2.75) is 44.0 Å². The quantitative estimate of drug-likeness (QED) is 0.338. The van der Waals surface area contributed by atoms with Crippen molar-refractivity contribution in [2.24, 2.45) is 0 Å². The third kappa shape index (κ3) is 7.74. The fourth-order valence-corrected chi connectivity index (χ4v) is 6.06. The minimum absolute atomic E-state index is 0.000743. The highest BCUT2D eigenvalue weighted by Crippen LogP contribution is 2.34. The second-order valence-electron chi connectivity index (χ2n) is 9.99. The highest BCUT2D eigenvalue weighted by Gasteiger charge is 2.32. The van der Waals surface area contributed by atoms with Gasteiger partial charge in [-0.2, -0.15) is 13.5 Å². The predicted octanol–water partition coefficient (Wildman–Crippen LogP) is 5.54. The Hall–Kier alpha value is -4.22. The van der Waals surface area contributed by atoms with E-state index in [1.165, 1.54) is 17.9 Å². The summed E-state index contributed by atoms with van der Waals surface area (Å²) in [6.45, 7) is 3.28. The minimum atomic E-state index is -4.37. The number of rotatable bonds is 9. The maximum absolute atomic E-state index is 13.9. The first kappa shape index (κ1) is 30.7. The molecule has 0 radical (unpaired) electrons. The number of benzene rings is 2. The van der Waals surface area contributed by atoms with Crippen LogP contribution in [0.2, 0.25) is 0 Å². The number of halogens is 2. The first-order chi connectivity index (χ1) is 20.0. The van der Waals surface area contributed by atoms with Crippen molar-refractivity contribution >= 4 is 33.6 Å². The fraction of sp³-hybridized carbons (Fsp3) is 0.258. The van der Waals surface area contributed by atoms with Gasteiger partial charge in [-0.1, -0.05) is 54.6 Å². The van der Waals surface area contributed by atoms with Gasteiger partial charge < -0.3 is 10.2 Å². The number of sulfonamides is 1. The Kier molecular flexibility index (Phi) is 9.97. The lowest BCUT2D eigenvalue weighted by atomic mass is 10.0. The van der Waals surface area contributed by atoms with Crippen molar-refractivity contribution in [1.82, 2.24) is 14.6 Å². The van der Waals surface area contributed by atoms with Crippen LogP contribution in [0.25, 0.3) is 17.2 Å². The molecular weight excluding hydrogens is 562 g/mol. The zero-order valence-electron chi connectivity index (χ0n) is 23.3. The largest absolute Gasteiger partial charge is 0.341 e. The number of nitrogens with zero attached hydrogens (tertiary/aromatic N) is 2. The highest BCUT2D eigenvalue weighted by atomic mass is 32.2. The normalized spacial score (nSPS) is 14.6. The molecule has 42 heavy (non-hydrogen) atoms. The van der Waals surface area contributed by atoms with Gasteiger partial charge in [0, 0.05) is 31.8 Å². The van der Waals surface area contributed by atoms with E-state index in [4.69, 9.17) is 0 Å². The van der Waals surface area contributed by atoms with E-state index in [0.717, 1.165) is 5.56 Å². The number of piperidine rings is 1. The lowest BCUT2D eigenvalue weighted by Gasteiger charge is -2.31. The lowest BCUT2D eigenvalue weighted by Crippen LogP contribution is -2.50. The molecule has 1 aromatic heterocycles. The van der Waals surface area contributed by atoms with Gasteiger partial charge in [-0.3, -0.25) is 14.6 Å². The molecule has 1 saturated heterocycles. The molecule has 1 aliphatic heterocycles. The molecule has 0 saturated carbocycles. The Balaban J connectivity index is 1.67. The van der Waals surface area contributed by atoms with Crippen LogP contribution in [0.5, 0.6) is 0 Å². The summed E-state index contributed by atoms with van der Waals surface area (Å²) in [7, 11) is -4.37. The van der Waals surface area contributed by atoms with Gasteiger partial charge >= 0.3 is 0 Å². The molecule has 4 rings (SSSR count). The van der Waals surface area contributed by atoms with Gasteiger partial charge in [0.05, 0.1) is 11.4 Å². The summed E-state index contributed by atoms with van der Waals surface area (Å²) in [4.78, 5) is 31.2. The van der Waals surface area contributed by atoms with Gasteiger partial charge in [-0.25, -0.2) is 8.42 Å². The second-order valence-corrected chi connectivity index (χ2v) is 11.7. The van der Waals surface area contributed by atoms with Gasteiger partial charge in [0.25, 0.3) is 6.08 Å². The van der Waals surface area contributed by atoms with E-state index in [1.807, 2.05) is 19.1 Å². The molecule has 2 N–H and O–H groups in total. The molecule has 11 heteroatoms. The van der Waals surface area contributed by atoms with E-state index in [2.05, 4.69) is 15.0 Å². The van der Waals surface area contributed by atoms with Crippen LogP contribution in [0.1, 0.15) is 37.4 Å². The van der Waals surface area contributed by atoms with E-state index in [1.54, 1.807) is 60.8 Å². The van der Waals surface area contributed by atoms with Crippen LogP contribution in [0, 0.1) is 6.92 Å². The molecule has 220 valence electrons. The molecule has 8 nitrogen and oxygen atoms in total. The monoisotopic (exact) mass is 594 g/mol. The van der Waals surface area contributed by atoms with Crippen LogP contribution in [0.4, 0.5) is 14.5 Å². The Labute approximate surface area is 244 Å². The fourth-order valence-electron chi connectivity index (χ4n) is 4.68. The van der Waals surface area contributed by atoms with E-state index in [0.29, 0.717) is 16.8 Å². The van der Waals surface area contributed by atoms with Gasteiger partial charge in [-0.15, -0.1) is 0 Å². The van der Waals surface area contributed by atoms with Crippen molar-refractivity contribution in [3.63, 3.8) is 0 Å². The average molecular weight is 595 g/mol. The number of hydrogen-bond acceptors (Lipinski definition) is 5. The van der Waals surface area contributed by atoms with Crippen LogP contribution in [-0.2, 0) is 19.6 Å². The van der Waals surface area contributed by atoms with Gasteiger partial charge in [0.2, 0.25) is 21.8 Å². The molecule has 1 atom stereocenters. The first-order valence-electron chi connectivity index (χ1n) is 13.4. The average Bonchev–Trinajstić information content (AvgIpc) is 2.97. The smallest absolute Gasteiger partial charge is 0.269 e. The molecule has 2 amide bonds. The Bertz CT molecular complexity index is 1590.